The van der Waals surface area contributed by atoms with Gasteiger partial charge in [0.25, 0.3) is 0 Å². The molecule has 0 heterocycles. The number of aliphatic hydroxyl groups excluding tert-OH is 4. The molecule has 0 fully saturated rings. The molecule has 1 aromatic carbocycles. The number of carbonyl (C=O) groups is 2. The Morgan fingerprint density at radius 1 is 0.625 bits per heavy atom. The third-order valence-electron chi connectivity index (χ3n) is 9.84. The van der Waals surface area contributed by atoms with Crippen LogP contribution in [0, 0.1) is 11.8 Å². The maximum Gasteiger partial charge on any atom is 0.333 e. The minimum absolute atomic E-state index is 0.141. The summed E-state index contributed by atoms with van der Waals surface area (Å²) in [5, 5.41) is 42.6. The molecule has 0 amide bonds. The molecule has 1 rings (SSSR count). The number of aliphatic hydroxyl groups is 4. The van der Waals surface area contributed by atoms with Gasteiger partial charge >= 0.3 is 11.9 Å². The Kier molecular flexibility index (Phi) is 27.9. The second-order valence-electron chi connectivity index (χ2n) is 15.3. The lowest BCUT2D eigenvalue weighted by molar-refractivity contribution is -0.143. The summed E-state index contributed by atoms with van der Waals surface area (Å²) >= 11 is 0. The maximum atomic E-state index is 11.9. The van der Waals surface area contributed by atoms with Crippen molar-refractivity contribution in [1.82, 2.24) is 9.80 Å². The first-order chi connectivity index (χ1) is 26.7. The molecule has 0 saturated carbocycles. The third kappa shape index (κ3) is 22.9. The Morgan fingerprint density at radius 3 is 1.29 bits per heavy atom. The first-order valence-electron chi connectivity index (χ1n) is 20.8. The monoisotopic (exact) mass is 793 g/mol. The molecule has 0 aliphatic carbocycles. The van der Waals surface area contributed by atoms with Crippen molar-refractivity contribution in [3.8, 4) is 0 Å². The van der Waals surface area contributed by atoms with E-state index in [-0.39, 0.29) is 49.3 Å². The van der Waals surface area contributed by atoms with Gasteiger partial charge in [-0.1, -0.05) is 90.8 Å². The summed E-state index contributed by atoms with van der Waals surface area (Å²) in [5.41, 5.74) is 2.60. The number of benzene rings is 1. The highest BCUT2D eigenvalue weighted by atomic mass is 16.5. The molecule has 322 valence electrons. The summed E-state index contributed by atoms with van der Waals surface area (Å²) in [6.45, 7) is 22.8. The zero-order chi connectivity index (χ0) is 41.9. The first-order valence-corrected chi connectivity index (χ1v) is 20.8. The minimum Gasteiger partial charge on any atom is -0.460 e. The Morgan fingerprint density at radius 2 is 0.982 bits per heavy atom. The summed E-state index contributed by atoms with van der Waals surface area (Å²) in [4.78, 5) is 28.0. The van der Waals surface area contributed by atoms with Gasteiger partial charge in [0.1, 0.15) is 25.4 Å². The number of esters is 2. The molecular formula is C44H76N2O10. The van der Waals surface area contributed by atoms with E-state index in [1.807, 2.05) is 24.3 Å². The number of hydrogen-bond acceptors (Lipinski definition) is 12. The molecule has 0 radical (unpaired) electrons. The molecule has 12 heteroatoms. The molecule has 6 atom stereocenters. The summed E-state index contributed by atoms with van der Waals surface area (Å²) < 4.78 is 22.1. The predicted molar refractivity (Wildman–Crippen MR) is 221 cm³/mol. The lowest BCUT2D eigenvalue weighted by Gasteiger charge is -2.27. The van der Waals surface area contributed by atoms with Gasteiger partial charge < -0.3 is 39.4 Å². The van der Waals surface area contributed by atoms with Crippen LogP contribution in [-0.2, 0) is 41.6 Å². The Labute approximate surface area is 337 Å². The van der Waals surface area contributed by atoms with Crippen molar-refractivity contribution in [2.75, 3.05) is 65.8 Å². The van der Waals surface area contributed by atoms with Crippen molar-refractivity contribution in [2.24, 2.45) is 11.8 Å². The molecule has 6 unspecified atom stereocenters. The quantitative estimate of drug-likeness (QED) is 0.0399. The van der Waals surface area contributed by atoms with Crippen LogP contribution in [0.15, 0.2) is 48.6 Å². The zero-order valence-electron chi connectivity index (χ0n) is 35.5. The summed E-state index contributed by atoms with van der Waals surface area (Å²) in [6.07, 6.45) is 4.39. The van der Waals surface area contributed by atoms with Gasteiger partial charge in [-0.25, -0.2) is 9.59 Å². The van der Waals surface area contributed by atoms with E-state index in [0.717, 1.165) is 49.7 Å². The smallest absolute Gasteiger partial charge is 0.333 e. The van der Waals surface area contributed by atoms with Crippen molar-refractivity contribution < 1.29 is 49.0 Å². The van der Waals surface area contributed by atoms with Crippen molar-refractivity contribution in [2.45, 2.75) is 130 Å². The van der Waals surface area contributed by atoms with E-state index in [2.05, 4.69) is 50.7 Å². The first kappa shape index (κ1) is 51.3. The van der Waals surface area contributed by atoms with Crippen LogP contribution in [0.1, 0.15) is 104 Å². The SMILES string of the molecule is C=C(C)C(=O)OCC(O)CN(CCCOCC(O)C(CC)CCC)Cc1ccc(CN(CCCOCC(O)C(CC)CCC)CC(O)COC(=O)C(=C)C)cc1. The molecule has 12 nitrogen and oxygen atoms in total. The lowest BCUT2D eigenvalue weighted by Crippen LogP contribution is -2.36. The molecule has 56 heavy (non-hydrogen) atoms. The van der Waals surface area contributed by atoms with E-state index < -0.39 is 36.4 Å². The average Bonchev–Trinajstić information content (AvgIpc) is 3.16. The van der Waals surface area contributed by atoms with Crippen LogP contribution in [0.3, 0.4) is 0 Å². The van der Waals surface area contributed by atoms with E-state index in [9.17, 15) is 30.0 Å². The van der Waals surface area contributed by atoms with Crippen LogP contribution in [0.2, 0.25) is 0 Å². The van der Waals surface area contributed by atoms with Crippen LogP contribution in [-0.4, -0.2) is 132 Å². The standard InChI is InChI=1S/C44H76N2O10/c1-9-15-37(11-3)41(49)31-53-23-13-21-45(27-39(47)29-55-43(51)33(5)6)25-35-17-19-36(20-18-35)26-46(28-40(48)30-56-44(52)34(7)8)22-14-24-54-32-42(50)38(12-4)16-10-2/h17-20,37-42,47-50H,5,7,9-16,21-32H2,1-4,6,8H3. The number of nitrogens with zero attached hydrogens (tertiary/aromatic N) is 2. The average molecular weight is 793 g/mol. The van der Waals surface area contributed by atoms with Crippen molar-refractivity contribution in [3.63, 3.8) is 0 Å². The molecule has 0 aromatic heterocycles. The third-order valence-corrected chi connectivity index (χ3v) is 9.84. The second kappa shape index (κ2) is 30.4. The molecule has 4 N–H and O–H groups in total. The van der Waals surface area contributed by atoms with Crippen molar-refractivity contribution in [1.29, 1.82) is 0 Å². The number of carbonyl (C=O) groups excluding carboxylic acids is 2. The Balaban J connectivity index is 2.93. The topological polar surface area (TPSA) is 158 Å². The highest BCUT2D eigenvalue weighted by Gasteiger charge is 2.20. The van der Waals surface area contributed by atoms with Crippen LogP contribution in [0.4, 0.5) is 0 Å². The molecular weight excluding hydrogens is 716 g/mol. The van der Waals surface area contributed by atoms with Gasteiger partial charge in [0.05, 0.1) is 25.4 Å². The van der Waals surface area contributed by atoms with Gasteiger partial charge in [0, 0.05) is 63.6 Å². The minimum atomic E-state index is -0.897. The van der Waals surface area contributed by atoms with E-state index in [0.29, 0.717) is 65.4 Å². The second-order valence-corrected chi connectivity index (χ2v) is 15.3. The van der Waals surface area contributed by atoms with Gasteiger partial charge in [-0.2, -0.15) is 0 Å². The van der Waals surface area contributed by atoms with Gasteiger partial charge in [0.2, 0.25) is 0 Å². The lowest BCUT2D eigenvalue weighted by atomic mass is 9.95. The van der Waals surface area contributed by atoms with Crippen LogP contribution in [0.25, 0.3) is 0 Å². The Bertz CT molecular complexity index is 1140. The van der Waals surface area contributed by atoms with Crippen molar-refractivity contribution in [3.05, 3.63) is 59.7 Å². The van der Waals surface area contributed by atoms with Crippen LogP contribution in [0.5, 0.6) is 0 Å². The van der Waals surface area contributed by atoms with E-state index >= 15 is 0 Å². The fourth-order valence-corrected chi connectivity index (χ4v) is 6.57. The zero-order valence-corrected chi connectivity index (χ0v) is 35.5. The normalized spacial score (nSPS) is 14.9. The molecule has 0 aliphatic rings. The number of ether oxygens (including phenoxy) is 4. The molecule has 1 aromatic rings. The molecule has 0 spiro atoms. The maximum absolute atomic E-state index is 11.9. The summed E-state index contributed by atoms with van der Waals surface area (Å²) in [7, 11) is 0. The van der Waals surface area contributed by atoms with Gasteiger partial charge in [0.15, 0.2) is 0 Å². The van der Waals surface area contributed by atoms with Gasteiger partial charge in [-0.3, -0.25) is 9.80 Å². The van der Waals surface area contributed by atoms with E-state index in [1.54, 1.807) is 13.8 Å². The summed E-state index contributed by atoms with van der Waals surface area (Å²) in [6, 6.07) is 8.15. The number of hydrogen-bond donors (Lipinski definition) is 4. The van der Waals surface area contributed by atoms with Gasteiger partial charge in [-0.15, -0.1) is 0 Å². The highest BCUT2D eigenvalue weighted by Crippen LogP contribution is 2.18. The molecule has 0 bridgehead atoms. The van der Waals surface area contributed by atoms with Crippen LogP contribution >= 0.6 is 0 Å². The largest absolute Gasteiger partial charge is 0.460 e. The van der Waals surface area contributed by atoms with Crippen LogP contribution < -0.4 is 0 Å². The predicted octanol–water partition coefficient (Wildman–Crippen LogP) is 5.44. The fourth-order valence-electron chi connectivity index (χ4n) is 6.57. The highest BCUT2D eigenvalue weighted by molar-refractivity contribution is 5.87. The Hall–Kier alpha value is -2.68. The number of rotatable bonds is 34. The molecule has 0 saturated heterocycles. The fraction of sp³-hybridized carbons (Fsp3) is 0.727. The molecule has 0 aliphatic heterocycles. The van der Waals surface area contributed by atoms with Crippen molar-refractivity contribution >= 4 is 11.9 Å². The van der Waals surface area contributed by atoms with E-state index in [1.165, 1.54) is 0 Å². The summed E-state index contributed by atoms with van der Waals surface area (Å²) in [5.74, 6) is -0.634. The van der Waals surface area contributed by atoms with Gasteiger partial charge in [-0.05, 0) is 62.5 Å². The van der Waals surface area contributed by atoms with E-state index in [4.69, 9.17) is 18.9 Å².